The second-order valence-electron chi connectivity index (χ2n) is 5.02. The molecule has 1 fully saturated rings. The summed E-state index contributed by atoms with van der Waals surface area (Å²) in [6.07, 6.45) is 3.14. The molecule has 2 unspecified atom stereocenters. The summed E-state index contributed by atoms with van der Waals surface area (Å²) in [6.45, 7) is 2.79. The molecule has 1 aromatic heterocycles. The first-order valence-electron chi connectivity index (χ1n) is 6.39. The van der Waals surface area contributed by atoms with E-state index in [1.165, 1.54) is 11.3 Å². The van der Waals surface area contributed by atoms with Crippen molar-refractivity contribution in [1.82, 2.24) is 10.0 Å². The van der Waals surface area contributed by atoms with E-state index in [-0.39, 0.29) is 6.04 Å². The van der Waals surface area contributed by atoms with Gasteiger partial charge in [-0.1, -0.05) is 13.3 Å². The first-order chi connectivity index (χ1) is 8.94. The zero-order chi connectivity index (χ0) is 14.0. The van der Waals surface area contributed by atoms with Crippen LogP contribution in [0.3, 0.4) is 0 Å². The average molecular weight is 367 g/mol. The molecule has 0 bridgehead atoms. The molecule has 1 saturated carbocycles. The lowest BCUT2D eigenvalue weighted by Crippen LogP contribution is -2.36. The molecule has 7 heteroatoms. The third kappa shape index (κ3) is 3.58. The first-order valence-corrected chi connectivity index (χ1v) is 9.48. The van der Waals surface area contributed by atoms with E-state index in [1.54, 1.807) is 6.07 Å². The van der Waals surface area contributed by atoms with Crippen LogP contribution >= 0.6 is 27.3 Å². The Kier molecular flexibility index (Phi) is 5.05. The highest BCUT2D eigenvalue weighted by Gasteiger charge is 2.30. The fourth-order valence-corrected chi connectivity index (χ4v) is 6.50. The molecule has 0 amide bonds. The van der Waals surface area contributed by atoms with Crippen molar-refractivity contribution in [3.05, 3.63) is 14.7 Å². The van der Waals surface area contributed by atoms with Crippen LogP contribution in [0.1, 0.15) is 31.1 Å². The van der Waals surface area contributed by atoms with Crippen LogP contribution in [-0.2, 0) is 16.6 Å². The smallest absolute Gasteiger partial charge is 0.242 e. The van der Waals surface area contributed by atoms with Crippen molar-refractivity contribution >= 4 is 37.3 Å². The topological polar surface area (TPSA) is 58.2 Å². The van der Waals surface area contributed by atoms with Crippen molar-refractivity contribution in [1.29, 1.82) is 0 Å². The van der Waals surface area contributed by atoms with Crippen LogP contribution in [0.25, 0.3) is 0 Å². The Labute approximate surface area is 127 Å². The van der Waals surface area contributed by atoms with Gasteiger partial charge in [-0.15, -0.1) is 11.3 Å². The Morgan fingerprint density at radius 3 is 2.79 bits per heavy atom. The Bertz CT molecular complexity index is 542. The van der Waals surface area contributed by atoms with Gasteiger partial charge < -0.3 is 5.32 Å². The minimum Gasteiger partial charge on any atom is -0.315 e. The van der Waals surface area contributed by atoms with Gasteiger partial charge in [-0.2, -0.15) is 0 Å². The molecule has 1 aromatic rings. The third-order valence-electron chi connectivity index (χ3n) is 3.52. The van der Waals surface area contributed by atoms with Crippen LogP contribution in [0, 0.1) is 5.92 Å². The highest BCUT2D eigenvalue weighted by atomic mass is 79.9. The third-order valence-corrected chi connectivity index (χ3v) is 7.26. The van der Waals surface area contributed by atoms with Crippen LogP contribution in [0.15, 0.2) is 14.7 Å². The number of sulfonamides is 1. The molecule has 1 heterocycles. The maximum absolute atomic E-state index is 12.4. The average Bonchev–Trinajstić information content (AvgIpc) is 2.87. The quantitative estimate of drug-likeness (QED) is 0.841. The number of thiophene rings is 1. The molecule has 108 valence electrons. The van der Waals surface area contributed by atoms with Crippen molar-refractivity contribution in [2.45, 2.75) is 43.7 Å². The Morgan fingerprint density at radius 1 is 1.47 bits per heavy atom. The van der Waals surface area contributed by atoms with E-state index in [4.69, 9.17) is 0 Å². The van der Waals surface area contributed by atoms with Crippen LogP contribution in [0.2, 0.25) is 0 Å². The van der Waals surface area contributed by atoms with E-state index in [1.807, 2.05) is 7.05 Å². The van der Waals surface area contributed by atoms with Gasteiger partial charge in [0.15, 0.2) is 0 Å². The summed E-state index contributed by atoms with van der Waals surface area (Å²) in [4.78, 5) is 1.37. The van der Waals surface area contributed by atoms with E-state index in [0.29, 0.717) is 21.1 Å². The maximum atomic E-state index is 12.4. The minimum atomic E-state index is -3.42. The number of hydrogen-bond acceptors (Lipinski definition) is 4. The molecule has 0 radical (unpaired) electrons. The highest BCUT2D eigenvalue weighted by Crippen LogP contribution is 2.33. The molecular weight excluding hydrogens is 348 g/mol. The van der Waals surface area contributed by atoms with Crippen molar-refractivity contribution in [3.63, 3.8) is 0 Å². The summed E-state index contributed by atoms with van der Waals surface area (Å²) in [5.41, 5.74) is 0. The Hall–Kier alpha value is 0.0500. The van der Waals surface area contributed by atoms with Gasteiger partial charge in [0.05, 0.1) is 3.79 Å². The van der Waals surface area contributed by atoms with Gasteiger partial charge in [0, 0.05) is 17.5 Å². The van der Waals surface area contributed by atoms with Gasteiger partial charge in [0.1, 0.15) is 4.90 Å². The predicted octanol–water partition coefficient (Wildman–Crippen LogP) is 2.70. The lowest BCUT2D eigenvalue weighted by molar-refractivity contribution is 0.476. The minimum absolute atomic E-state index is 0.0737. The van der Waals surface area contributed by atoms with E-state index < -0.39 is 10.0 Å². The fourth-order valence-electron chi connectivity index (χ4n) is 2.43. The van der Waals surface area contributed by atoms with Gasteiger partial charge >= 0.3 is 0 Å². The van der Waals surface area contributed by atoms with Crippen LogP contribution in [-0.4, -0.2) is 21.5 Å². The van der Waals surface area contributed by atoms with Crippen LogP contribution in [0.4, 0.5) is 0 Å². The molecule has 0 spiro atoms. The molecule has 0 aromatic carbocycles. The number of halogens is 1. The monoisotopic (exact) mass is 366 g/mol. The second kappa shape index (κ2) is 6.22. The molecule has 1 aliphatic carbocycles. The van der Waals surface area contributed by atoms with Crippen molar-refractivity contribution in [2.75, 3.05) is 7.05 Å². The standard InChI is InChI=1S/C12H19BrN2O2S2/c1-8-4-3-5-10(8)15-19(16,17)11-6-9(7-14-2)18-12(11)13/h6,8,10,14-15H,3-5,7H2,1-2H3. The van der Waals surface area contributed by atoms with Gasteiger partial charge in [0.2, 0.25) is 10.0 Å². The molecule has 0 saturated heterocycles. The van der Waals surface area contributed by atoms with Crippen LogP contribution in [0.5, 0.6) is 0 Å². The molecule has 2 rings (SSSR count). The largest absolute Gasteiger partial charge is 0.315 e. The second-order valence-corrected chi connectivity index (χ2v) is 9.15. The number of nitrogens with one attached hydrogen (secondary N) is 2. The SMILES string of the molecule is CNCc1cc(S(=O)(=O)NC2CCCC2C)c(Br)s1. The zero-order valence-corrected chi connectivity index (χ0v) is 14.3. The summed E-state index contributed by atoms with van der Waals surface area (Å²) in [7, 11) is -1.57. The summed E-state index contributed by atoms with van der Waals surface area (Å²) >= 11 is 4.82. The predicted molar refractivity (Wildman–Crippen MR) is 81.9 cm³/mol. The molecule has 19 heavy (non-hydrogen) atoms. The van der Waals surface area contributed by atoms with Crippen molar-refractivity contribution < 1.29 is 8.42 Å². The van der Waals surface area contributed by atoms with Gasteiger partial charge in [-0.05, 0) is 47.8 Å². The van der Waals surface area contributed by atoms with E-state index in [2.05, 4.69) is 32.9 Å². The van der Waals surface area contributed by atoms with Gasteiger partial charge in [0.25, 0.3) is 0 Å². The number of rotatable bonds is 5. The lowest BCUT2D eigenvalue weighted by Gasteiger charge is -2.16. The molecule has 0 aliphatic heterocycles. The van der Waals surface area contributed by atoms with Gasteiger partial charge in [-0.3, -0.25) is 0 Å². The molecule has 4 nitrogen and oxygen atoms in total. The number of hydrogen-bond donors (Lipinski definition) is 2. The molecule has 2 atom stereocenters. The molecule has 2 N–H and O–H groups in total. The fraction of sp³-hybridized carbons (Fsp3) is 0.667. The maximum Gasteiger partial charge on any atom is 0.242 e. The summed E-state index contributed by atoms with van der Waals surface area (Å²) in [6, 6.07) is 1.82. The van der Waals surface area contributed by atoms with E-state index in [0.717, 1.165) is 24.1 Å². The van der Waals surface area contributed by atoms with Crippen molar-refractivity contribution in [2.24, 2.45) is 5.92 Å². The normalized spacial score (nSPS) is 23.9. The van der Waals surface area contributed by atoms with E-state index in [9.17, 15) is 8.42 Å². The molecular formula is C12H19BrN2O2S2. The van der Waals surface area contributed by atoms with Crippen LogP contribution < -0.4 is 10.0 Å². The lowest BCUT2D eigenvalue weighted by atomic mass is 10.1. The summed E-state index contributed by atoms with van der Waals surface area (Å²) in [5, 5.41) is 3.03. The summed E-state index contributed by atoms with van der Waals surface area (Å²) < 4.78 is 28.4. The highest BCUT2D eigenvalue weighted by molar-refractivity contribution is 9.11. The zero-order valence-electron chi connectivity index (χ0n) is 11.1. The van der Waals surface area contributed by atoms with E-state index >= 15 is 0 Å². The Balaban J connectivity index is 2.19. The molecule has 1 aliphatic rings. The van der Waals surface area contributed by atoms with Crippen molar-refractivity contribution in [3.8, 4) is 0 Å². The summed E-state index contributed by atoms with van der Waals surface area (Å²) in [5.74, 6) is 0.420. The first kappa shape index (κ1) is 15.4. The Morgan fingerprint density at radius 2 is 2.21 bits per heavy atom. The van der Waals surface area contributed by atoms with Gasteiger partial charge in [-0.25, -0.2) is 13.1 Å².